The Balaban J connectivity index is 2.66. The molecule has 2 heterocycles. The van der Waals surface area contributed by atoms with Gasteiger partial charge in [-0.05, 0) is 29.5 Å². The Morgan fingerprint density at radius 3 is 3.00 bits per heavy atom. The molecule has 66 valence electrons. The van der Waals surface area contributed by atoms with Crippen LogP contribution in [0.25, 0.3) is 5.69 Å². The van der Waals surface area contributed by atoms with Crippen LogP contribution in [0.3, 0.4) is 0 Å². The van der Waals surface area contributed by atoms with Crippen LogP contribution in [0, 0.1) is 6.92 Å². The third-order valence-electron chi connectivity index (χ3n) is 1.68. The first-order valence-electron chi connectivity index (χ1n) is 3.71. The lowest BCUT2D eigenvalue weighted by molar-refractivity contribution is 0.770. The van der Waals surface area contributed by atoms with Crippen LogP contribution < -0.4 is 5.69 Å². The highest BCUT2D eigenvalue weighted by Crippen LogP contribution is 2.04. The maximum absolute atomic E-state index is 11.1. The van der Waals surface area contributed by atoms with Crippen LogP contribution in [0.5, 0.6) is 0 Å². The van der Waals surface area contributed by atoms with Crippen molar-refractivity contribution in [3.63, 3.8) is 0 Å². The largest absolute Gasteiger partial charge is 0.365 e. The maximum Gasteiger partial charge on any atom is 0.365 e. The van der Waals surface area contributed by atoms with E-state index in [0.29, 0.717) is 5.69 Å². The Labute approximate surface area is 73.2 Å². The summed E-state index contributed by atoms with van der Waals surface area (Å²) >= 11 is 0. The maximum atomic E-state index is 11.1. The standard InChI is InChI=1S/C7H7N5O/c1-5-6(3-2-4-8-5)12-7(13)9-10-11-12/h2-4H,1H3,(H,9,11,13). The van der Waals surface area contributed by atoms with E-state index in [1.165, 1.54) is 4.68 Å². The van der Waals surface area contributed by atoms with Gasteiger partial charge in [0.15, 0.2) is 0 Å². The van der Waals surface area contributed by atoms with Crippen LogP contribution in [-0.2, 0) is 0 Å². The monoisotopic (exact) mass is 177 g/mol. The van der Waals surface area contributed by atoms with E-state index in [-0.39, 0.29) is 5.69 Å². The lowest BCUT2D eigenvalue weighted by Gasteiger charge is -1.99. The van der Waals surface area contributed by atoms with E-state index in [2.05, 4.69) is 20.5 Å². The Morgan fingerprint density at radius 2 is 2.38 bits per heavy atom. The zero-order valence-corrected chi connectivity index (χ0v) is 6.93. The number of nitrogens with one attached hydrogen (secondary N) is 1. The van der Waals surface area contributed by atoms with Gasteiger partial charge in [0.05, 0.1) is 11.4 Å². The second-order valence-corrected chi connectivity index (χ2v) is 2.53. The summed E-state index contributed by atoms with van der Waals surface area (Å²) in [6, 6.07) is 3.50. The van der Waals surface area contributed by atoms with Gasteiger partial charge >= 0.3 is 5.69 Å². The molecule has 0 aliphatic rings. The fraction of sp³-hybridized carbons (Fsp3) is 0.143. The molecule has 6 nitrogen and oxygen atoms in total. The number of H-pyrrole nitrogens is 1. The molecule has 1 N–H and O–H groups in total. The Bertz CT molecular complexity index is 471. The van der Waals surface area contributed by atoms with Crippen LogP contribution in [0.1, 0.15) is 5.69 Å². The number of nitrogens with zero attached hydrogens (tertiary/aromatic N) is 4. The Kier molecular flexibility index (Phi) is 1.66. The predicted octanol–water partition coefficient (Wildman–Crippen LogP) is -0.341. The van der Waals surface area contributed by atoms with Gasteiger partial charge in [-0.1, -0.05) is 0 Å². The van der Waals surface area contributed by atoms with Gasteiger partial charge in [0.2, 0.25) is 0 Å². The van der Waals surface area contributed by atoms with Crippen LogP contribution in [0.4, 0.5) is 0 Å². The number of aromatic amines is 1. The van der Waals surface area contributed by atoms with Gasteiger partial charge in [-0.3, -0.25) is 4.98 Å². The average Bonchev–Trinajstić information content (AvgIpc) is 2.52. The molecule has 2 rings (SSSR count). The molecule has 2 aromatic rings. The highest BCUT2D eigenvalue weighted by atomic mass is 16.2. The minimum atomic E-state index is -0.365. The number of hydrogen-bond donors (Lipinski definition) is 1. The van der Waals surface area contributed by atoms with Crippen molar-refractivity contribution in [3.8, 4) is 5.69 Å². The van der Waals surface area contributed by atoms with E-state index < -0.39 is 0 Å². The molecule has 0 spiro atoms. The third kappa shape index (κ3) is 1.22. The number of tetrazole rings is 1. The first-order valence-corrected chi connectivity index (χ1v) is 3.71. The molecule has 0 atom stereocenters. The fourth-order valence-electron chi connectivity index (χ4n) is 1.06. The fourth-order valence-corrected chi connectivity index (χ4v) is 1.06. The molecule has 0 aromatic carbocycles. The number of hydrogen-bond acceptors (Lipinski definition) is 4. The van der Waals surface area contributed by atoms with Crippen LogP contribution in [-0.4, -0.2) is 25.2 Å². The molecular weight excluding hydrogens is 170 g/mol. The quantitative estimate of drug-likeness (QED) is 0.646. The molecule has 6 heteroatoms. The summed E-state index contributed by atoms with van der Waals surface area (Å²) in [6.07, 6.45) is 1.66. The summed E-state index contributed by atoms with van der Waals surface area (Å²) in [6.45, 7) is 1.80. The third-order valence-corrected chi connectivity index (χ3v) is 1.68. The van der Waals surface area contributed by atoms with Gasteiger partial charge < -0.3 is 0 Å². The van der Waals surface area contributed by atoms with Crippen LogP contribution in [0.15, 0.2) is 23.1 Å². The SMILES string of the molecule is Cc1ncccc1-n1nn[nH]c1=O. The van der Waals surface area contributed by atoms with E-state index >= 15 is 0 Å². The minimum Gasteiger partial charge on any atom is -0.259 e. The molecule has 0 fully saturated rings. The minimum absolute atomic E-state index is 0.365. The molecule has 2 aromatic heterocycles. The van der Waals surface area contributed by atoms with Crippen molar-refractivity contribution in [1.29, 1.82) is 0 Å². The second kappa shape index (κ2) is 2.81. The van der Waals surface area contributed by atoms with Crippen molar-refractivity contribution in [1.82, 2.24) is 25.2 Å². The highest BCUT2D eigenvalue weighted by Gasteiger charge is 2.05. The van der Waals surface area contributed by atoms with Gasteiger partial charge in [-0.25, -0.2) is 9.89 Å². The van der Waals surface area contributed by atoms with Gasteiger partial charge in [-0.2, -0.15) is 4.68 Å². The summed E-state index contributed by atoms with van der Waals surface area (Å²) in [5, 5.41) is 9.21. The van der Waals surface area contributed by atoms with Crippen LogP contribution >= 0.6 is 0 Å². The van der Waals surface area contributed by atoms with Crippen molar-refractivity contribution < 1.29 is 0 Å². The van der Waals surface area contributed by atoms with Crippen molar-refractivity contribution >= 4 is 0 Å². The number of aryl methyl sites for hydroxylation is 1. The topological polar surface area (TPSA) is 76.5 Å². The Hall–Kier alpha value is -1.98. The van der Waals surface area contributed by atoms with Crippen molar-refractivity contribution in [2.45, 2.75) is 6.92 Å². The summed E-state index contributed by atoms with van der Waals surface area (Å²) in [5.41, 5.74) is 1.01. The van der Waals surface area contributed by atoms with Crippen molar-refractivity contribution in [3.05, 3.63) is 34.5 Å². The predicted molar refractivity (Wildman–Crippen MR) is 44.5 cm³/mol. The van der Waals surface area contributed by atoms with Crippen molar-refractivity contribution in [2.24, 2.45) is 0 Å². The van der Waals surface area contributed by atoms with Gasteiger partial charge in [0, 0.05) is 6.20 Å². The van der Waals surface area contributed by atoms with Gasteiger partial charge in [0.25, 0.3) is 0 Å². The molecule has 0 amide bonds. The molecule has 0 bridgehead atoms. The summed E-state index contributed by atoms with van der Waals surface area (Å²) in [5.74, 6) is 0. The first-order chi connectivity index (χ1) is 6.29. The molecule has 0 unspecified atom stereocenters. The second-order valence-electron chi connectivity index (χ2n) is 2.53. The van der Waals surface area contributed by atoms with E-state index in [1.807, 2.05) is 0 Å². The van der Waals surface area contributed by atoms with Gasteiger partial charge in [-0.15, -0.1) is 0 Å². The lowest BCUT2D eigenvalue weighted by Crippen LogP contribution is -2.17. The molecule has 0 aliphatic heterocycles. The summed E-state index contributed by atoms with van der Waals surface area (Å²) < 4.78 is 1.17. The van der Waals surface area contributed by atoms with E-state index in [1.54, 1.807) is 25.3 Å². The highest BCUT2D eigenvalue weighted by molar-refractivity contribution is 5.33. The molecule has 0 aliphatic carbocycles. The summed E-state index contributed by atoms with van der Waals surface area (Å²) in [4.78, 5) is 15.2. The van der Waals surface area contributed by atoms with E-state index in [0.717, 1.165) is 5.69 Å². The first kappa shape index (κ1) is 7.66. The molecule has 13 heavy (non-hydrogen) atoms. The van der Waals surface area contributed by atoms with E-state index in [9.17, 15) is 4.79 Å². The zero-order chi connectivity index (χ0) is 9.26. The number of aromatic nitrogens is 5. The zero-order valence-electron chi connectivity index (χ0n) is 6.93. The summed E-state index contributed by atoms with van der Waals surface area (Å²) in [7, 11) is 0. The lowest BCUT2D eigenvalue weighted by atomic mass is 10.3. The van der Waals surface area contributed by atoms with Crippen LogP contribution in [0.2, 0.25) is 0 Å². The number of rotatable bonds is 1. The molecule has 0 radical (unpaired) electrons. The molecule has 0 saturated carbocycles. The average molecular weight is 177 g/mol. The molecule has 0 saturated heterocycles. The van der Waals surface area contributed by atoms with E-state index in [4.69, 9.17) is 0 Å². The normalized spacial score (nSPS) is 10.2. The smallest absolute Gasteiger partial charge is 0.259 e. The van der Waals surface area contributed by atoms with Crippen molar-refractivity contribution in [2.75, 3.05) is 0 Å². The van der Waals surface area contributed by atoms with Gasteiger partial charge in [0.1, 0.15) is 0 Å². The number of pyridine rings is 1. The Morgan fingerprint density at radius 1 is 1.54 bits per heavy atom. The molecular formula is C7H7N5O.